The van der Waals surface area contributed by atoms with E-state index in [9.17, 15) is 0 Å². The number of halogens is 2. The third-order valence-corrected chi connectivity index (χ3v) is 3.70. The lowest BCUT2D eigenvalue weighted by atomic mass is 10.2. The summed E-state index contributed by atoms with van der Waals surface area (Å²) in [5, 5.41) is 5.33. The zero-order valence-electron chi connectivity index (χ0n) is 9.00. The average Bonchev–Trinajstić information content (AvgIpc) is 2.67. The first-order chi connectivity index (χ1) is 7.08. The number of hydrogen-bond acceptors (Lipinski definition) is 2. The molecule has 3 nitrogen and oxygen atoms in total. The molecule has 2 heterocycles. The molecule has 1 aromatic heterocycles. The Bertz CT molecular complexity index is 362. The van der Waals surface area contributed by atoms with Crippen LogP contribution < -0.4 is 0 Å². The Labute approximate surface area is 100.0 Å². The van der Waals surface area contributed by atoms with Crippen LogP contribution in [0.4, 0.5) is 0 Å². The van der Waals surface area contributed by atoms with Gasteiger partial charge in [0.2, 0.25) is 0 Å². The molecule has 1 aliphatic rings. The molecule has 1 fully saturated rings. The van der Waals surface area contributed by atoms with Gasteiger partial charge in [-0.3, -0.25) is 9.58 Å². The topological polar surface area (TPSA) is 21.1 Å². The lowest BCUT2D eigenvalue weighted by molar-refractivity contribution is 0.331. The van der Waals surface area contributed by atoms with Crippen molar-refractivity contribution in [2.45, 2.75) is 25.3 Å². The van der Waals surface area contributed by atoms with Gasteiger partial charge in [0.15, 0.2) is 0 Å². The van der Waals surface area contributed by atoms with Gasteiger partial charge in [0.1, 0.15) is 5.15 Å². The minimum absolute atomic E-state index is 0.292. The van der Waals surface area contributed by atoms with Crippen LogP contribution in [0.2, 0.25) is 5.15 Å². The maximum absolute atomic E-state index is 6.17. The smallest absolute Gasteiger partial charge is 0.131 e. The molecule has 1 aromatic rings. The fourth-order valence-corrected chi connectivity index (χ4v) is 2.53. The van der Waals surface area contributed by atoms with Crippen LogP contribution in [-0.4, -0.2) is 33.1 Å². The highest BCUT2D eigenvalue weighted by Gasteiger charge is 2.22. The van der Waals surface area contributed by atoms with Crippen molar-refractivity contribution in [1.29, 1.82) is 0 Å². The van der Waals surface area contributed by atoms with Crippen molar-refractivity contribution < 1.29 is 0 Å². The van der Waals surface area contributed by atoms with Gasteiger partial charge in [0.05, 0.1) is 5.69 Å². The Kier molecular flexibility index (Phi) is 3.24. The van der Waals surface area contributed by atoms with Crippen LogP contribution >= 0.6 is 23.2 Å². The van der Waals surface area contributed by atoms with Gasteiger partial charge in [-0.05, 0) is 13.3 Å². The van der Waals surface area contributed by atoms with Gasteiger partial charge in [-0.15, -0.1) is 11.6 Å². The summed E-state index contributed by atoms with van der Waals surface area (Å²) in [7, 11) is 1.87. The van der Waals surface area contributed by atoms with Crippen molar-refractivity contribution in [3.63, 3.8) is 0 Å². The molecule has 0 radical (unpaired) electrons. The van der Waals surface area contributed by atoms with E-state index in [1.807, 2.05) is 14.0 Å². The van der Waals surface area contributed by atoms with Gasteiger partial charge < -0.3 is 0 Å². The molecule has 15 heavy (non-hydrogen) atoms. The molecule has 0 bridgehead atoms. The largest absolute Gasteiger partial charge is 0.297 e. The van der Waals surface area contributed by atoms with Crippen LogP contribution in [0.25, 0.3) is 0 Å². The molecule has 5 heteroatoms. The fourth-order valence-electron chi connectivity index (χ4n) is 2.01. The van der Waals surface area contributed by atoms with Crippen LogP contribution in [0.1, 0.15) is 17.7 Å². The van der Waals surface area contributed by atoms with E-state index in [0.717, 1.165) is 42.5 Å². The minimum Gasteiger partial charge on any atom is -0.297 e. The maximum Gasteiger partial charge on any atom is 0.131 e. The third kappa shape index (κ3) is 2.30. The van der Waals surface area contributed by atoms with Crippen molar-refractivity contribution in [2.24, 2.45) is 7.05 Å². The highest BCUT2D eigenvalue weighted by molar-refractivity contribution is 6.30. The van der Waals surface area contributed by atoms with Crippen LogP contribution in [0.5, 0.6) is 0 Å². The molecule has 1 aliphatic heterocycles. The van der Waals surface area contributed by atoms with E-state index in [0.29, 0.717) is 5.38 Å². The summed E-state index contributed by atoms with van der Waals surface area (Å²) in [6, 6.07) is 0. The lowest BCUT2D eigenvalue weighted by Gasteiger charge is -2.14. The molecule has 1 atom stereocenters. The molecule has 0 N–H and O–H groups in total. The molecule has 0 aromatic carbocycles. The molecular weight excluding hydrogens is 233 g/mol. The first kappa shape index (κ1) is 11.2. The van der Waals surface area contributed by atoms with Crippen LogP contribution in [0, 0.1) is 6.92 Å². The average molecular weight is 248 g/mol. The summed E-state index contributed by atoms with van der Waals surface area (Å²) >= 11 is 12.2. The van der Waals surface area contributed by atoms with Crippen LogP contribution in [-0.2, 0) is 13.6 Å². The van der Waals surface area contributed by atoms with Crippen LogP contribution in [0.15, 0.2) is 0 Å². The second-order valence-electron chi connectivity index (χ2n) is 4.10. The Hall–Kier alpha value is -0.250. The molecule has 84 valence electrons. The normalized spacial score (nSPS) is 22.5. The van der Waals surface area contributed by atoms with Gasteiger partial charge in [-0.25, -0.2) is 0 Å². The van der Waals surface area contributed by atoms with Crippen LogP contribution in [0.3, 0.4) is 0 Å². The third-order valence-electron chi connectivity index (χ3n) is 2.87. The number of rotatable bonds is 2. The van der Waals surface area contributed by atoms with E-state index in [4.69, 9.17) is 23.2 Å². The number of likely N-dealkylation sites (tertiary alicyclic amines) is 1. The summed E-state index contributed by atoms with van der Waals surface area (Å²) < 4.78 is 1.72. The Morgan fingerprint density at radius 1 is 1.53 bits per heavy atom. The highest BCUT2D eigenvalue weighted by atomic mass is 35.5. The van der Waals surface area contributed by atoms with E-state index < -0.39 is 0 Å². The van der Waals surface area contributed by atoms with Crippen molar-refractivity contribution in [3.8, 4) is 0 Å². The monoisotopic (exact) mass is 247 g/mol. The summed E-state index contributed by atoms with van der Waals surface area (Å²) in [6.45, 7) is 4.86. The quantitative estimate of drug-likeness (QED) is 0.748. The molecule has 0 spiro atoms. The predicted octanol–water partition coefficient (Wildman–Crippen LogP) is 2.20. The van der Waals surface area contributed by atoms with Crippen molar-refractivity contribution >= 4 is 23.2 Å². The second-order valence-corrected chi connectivity index (χ2v) is 5.07. The van der Waals surface area contributed by atoms with Gasteiger partial charge in [0, 0.05) is 37.6 Å². The van der Waals surface area contributed by atoms with Gasteiger partial charge in [-0.1, -0.05) is 11.6 Å². The maximum atomic E-state index is 6.17. The van der Waals surface area contributed by atoms with Crippen molar-refractivity contribution in [1.82, 2.24) is 14.7 Å². The van der Waals surface area contributed by atoms with E-state index in [2.05, 4.69) is 10.00 Å². The number of aryl methyl sites for hydroxylation is 2. The molecule has 1 unspecified atom stereocenters. The number of hydrogen-bond donors (Lipinski definition) is 0. The SMILES string of the molecule is Cc1nn(C)c(Cl)c1CN1CCC(Cl)C1. The standard InChI is InChI=1S/C10H15Cl2N3/c1-7-9(10(12)14(2)13-7)6-15-4-3-8(11)5-15/h8H,3-6H2,1-2H3. The molecule has 0 saturated carbocycles. The van der Waals surface area contributed by atoms with E-state index in [1.165, 1.54) is 0 Å². The number of nitrogens with zero attached hydrogens (tertiary/aromatic N) is 3. The highest BCUT2D eigenvalue weighted by Crippen LogP contribution is 2.23. The zero-order valence-corrected chi connectivity index (χ0v) is 10.5. The molecular formula is C10H15Cl2N3. The second kappa shape index (κ2) is 4.32. The molecule has 2 rings (SSSR count). The Morgan fingerprint density at radius 3 is 2.73 bits per heavy atom. The van der Waals surface area contributed by atoms with Crippen molar-refractivity contribution in [3.05, 3.63) is 16.4 Å². The molecule has 0 aliphatic carbocycles. The summed E-state index contributed by atoms with van der Waals surface area (Å²) in [5.41, 5.74) is 2.14. The van der Waals surface area contributed by atoms with E-state index in [1.54, 1.807) is 4.68 Å². The summed E-state index contributed by atoms with van der Waals surface area (Å²) in [6.07, 6.45) is 1.07. The molecule has 0 amide bonds. The van der Waals surface area contributed by atoms with Crippen molar-refractivity contribution in [2.75, 3.05) is 13.1 Å². The van der Waals surface area contributed by atoms with E-state index >= 15 is 0 Å². The Balaban J connectivity index is 2.10. The summed E-state index contributed by atoms with van der Waals surface area (Å²) in [5.74, 6) is 0. The van der Waals surface area contributed by atoms with E-state index in [-0.39, 0.29) is 0 Å². The molecule has 1 saturated heterocycles. The van der Waals surface area contributed by atoms with Gasteiger partial charge >= 0.3 is 0 Å². The lowest BCUT2D eigenvalue weighted by Crippen LogP contribution is -2.20. The fraction of sp³-hybridized carbons (Fsp3) is 0.700. The predicted molar refractivity (Wildman–Crippen MR) is 62.5 cm³/mol. The Morgan fingerprint density at radius 2 is 2.27 bits per heavy atom. The van der Waals surface area contributed by atoms with Gasteiger partial charge in [-0.2, -0.15) is 5.10 Å². The first-order valence-corrected chi connectivity index (χ1v) is 5.93. The zero-order chi connectivity index (χ0) is 11.0. The minimum atomic E-state index is 0.292. The number of aromatic nitrogens is 2. The summed E-state index contributed by atoms with van der Waals surface area (Å²) in [4.78, 5) is 2.33. The first-order valence-electron chi connectivity index (χ1n) is 5.12. The van der Waals surface area contributed by atoms with Gasteiger partial charge in [0.25, 0.3) is 0 Å². The number of alkyl halides is 1.